The van der Waals surface area contributed by atoms with Gasteiger partial charge in [-0.2, -0.15) is 5.10 Å². The van der Waals surface area contributed by atoms with Crippen LogP contribution in [0.5, 0.6) is 0 Å². The maximum Gasteiger partial charge on any atom is 0.522 e. The van der Waals surface area contributed by atoms with E-state index in [1.54, 1.807) is 19.3 Å². The molecule has 2 N–H and O–H groups in total. The number of ether oxygens (including phenoxy) is 1. The van der Waals surface area contributed by atoms with Crippen molar-refractivity contribution >= 4 is 34.4 Å². The molecule has 2 aromatic heterocycles. The zero-order chi connectivity index (χ0) is 34.2. The molecule has 4 heterocycles. The van der Waals surface area contributed by atoms with Crippen molar-refractivity contribution in [3.8, 4) is 11.1 Å². The number of halogens is 3. The van der Waals surface area contributed by atoms with E-state index in [0.717, 1.165) is 36.0 Å². The lowest BCUT2D eigenvalue weighted by atomic mass is 9.96. The summed E-state index contributed by atoms with van der Waals surface area (Å²) < 4.78 is 42.8. The first kappa shape index (κ1) is 33.5. The number of piperidine rings is 1. The van der Waals surface area contributed by atoms with Crippen molar-refractivity contribution in [2.45, 2.75) is 90.2 Å². The lowest BCUT2D eigenvalue weighted by molar-refractivity contribution is -0.323. The SMILES string of the molecule is CC(=O)c1nn2c3c(cc(-c4cnc(C)nc4)cc13)CCCCCCC(=O)NC[C@@]13C[C@@H](C(=O)NCCOC(F)(F)F)N(C(=O)C2)[C@@H]1C3. The fourth-order valence-electron chi connectivity index (χ4n) is 7.13. The highest BCUT2D eigenvalue weighted by molar-refractivity contribution is 6.07. The van der Waals surface area contributed by atoms with Crippen molar-refractivity contribution in [1.82, 2.24) is 35.3 Å². The smallest absolute Gasteiger partial charge is 0.355 e. The molecule has 3 atom stereocenters. The third kappa shape index (κ3) is 7.05. The van der Waals surface area contributed by atoms with Crippen LogP contribution in [0.1, 0.15) is 73.7 Å². The molecule has 12 nitrogen and oxygen atoms in total. The number of aryl methyl sites for hydroxylation is 2. The summed E-state index contributed by atoms with van der Waals surface area (Å²) in [5.74, 6) is -0.754. The molecule has 2 bridgehead atoms. The van der Waals surface area contributed by atoms with E-state index >= 15 is 0 Å². The zero-order valence-corrected chi connectivity index (χ0v) is 26.9. The Kier molecular flexibility index (Phi) is 9.25. The molecule has 2 aliphatic heterocycles. The molecule has 256 valence electrons. The topological polar surface area (TPSA) is 148 Å². The molecule has 3 aromatic rings. The Morgan fingerprint density at radius 3 is 2.50 bits per heavy atom. The summed E-state index contributed by atoms with van der Waals surface area (Å²) in [6.07, 6.45) is 3.65. The number of alkyl halides is 3. The second-order valence-electron chi connectivity index (χ2n) is 13.0. The summed E-state index contributed by atoms with van der Waals surface area (Å²) in [6.45, 7) is 2.08. The van der Waals surface area contributed by atoms with Gasteiger partial charge >= 0.3 is 6.36 Å². The molecule has 1 aromatic carbocycles. The van der Waals surface area contributed by atoms with E-state index in [1.807, 2.05) is 12.1 Å². The zero-order valence-electron chi connectivity index (χ0n) is 26.9. The standard InChI is InChI=1S/C33H38F3N7O5/c1-19(44)29-24-12-22(23-15-38-20(2)39-16-23)11-21-7-5-3-4-6-8-27(45)40-18-32-13-25(31(47)37-9-10-48-33(34,35)36)43(26(32)14-32)28(46)17-42(41-29)30(21)24/h11-12,15-16,25-26H,3-10,13-14,17-18H2,1-2H3,(H,37,47)(H,40,45)/t25-,26+,32-/m0/s1. The number of nitrogens with zero attached hydrogens (tertiary/aromatic N) is 5. The quantitative estimate of drug-likeness (QED) is 0.299. The molecular weight excluding hydrogens is 631 g/mol. The minimum atomic E-state index is -4.83. The van der Waals surface area contributed by atoms with Gasteiger partial charge in [-0.25, -0.2) is 9.97 Å². The van der Waals surface area contributed by atoms with Gasteiger partial charge in [0, 0.05) is 61.2 Å². The number of Topliss-reactive ketones (excluding diaryl/α,β-unsaturated/α-hetero) is 1. The van der Waals surface area contributed by atoms with Crippen LogP contribution >= 0.6 is 0 Å². The van der Waals surface area contributed by atoms with Gasteiger partial charge in [0.15, 0.2) is 5.78 Å². The van der Waals surface area contributed by atoms with Crippen molar-refractivity contribution in [2.75, 3.05) is 19.7 Å². The first-order valence-electron chi connectivity index (χ1n) is 16.2. The van der Waals surface area contributed by atoms with Crippen LogP contribution in [0.2, 0.25) is 0 Å². The Morgan fingerprint density at radius 2 is 1.79 bits per heavy atom. The number of hydrogen-bond donors (Lipinski definition) is 2. The van der Waals surface area contributed by atoms with Crippen LogP contribution in [0.3, 0.4) is 0 Å². The summed E-state index contributed by atoms with van der Waals surface area (Å²) in [6, 6.07) is 2.56. The molecule has 0 spiro atoms. The number of hydrogen-bond acceptors (Lipinski definition) is 8. The van der Waals surface area contributed by atoms with Crippen LogP contribution in [0.25, 0.3) is 22.0 Å². The molecule has 2 fully saturated rings. The fraction of sp³-hybridized carbons (Fsp3) is 0.545. The van der Waals surface area contributed by atoms with Crippen molar-refractivity contribution in [3.63, 3.8) is 0 Å². The number of ketones is 1. The monoisotopic (exact) mass is 669 g/mol. The Morgan fingerprint density at radius 1 is 1.06 bits per heavy atom. The summed E-state index contributed by atoms with van der Waals surface area (Å²) >= 11 is 0. The number of aromatic nitrogens is 4. The Bertz CT molecular complexity index is 1740. The van der Waals surface area contributed by atoms with Crippen molar-refractivity contribution < 1.29 is 37.1 Å². The van der Waals surface area contributed by atoms with Gasteiger partial charge in [-0.1, -0.05) is 12.8 Å². The molecule has 6 rings (SSSR count). The number of carbonyl (C=O) groups is 4. The number of benzene rings is 1. The maximum absolute atomic E-state index is 14.2. The van der Waals surface area contributed by atoms with Gasteiger partial charge in [0.1, 0.15) is 24.1 Å². The van der Waals surface area contributed by atoms with E-state index < -0.39 is 42.8 Å². The average molecular weight is 670 g/mol. The minimum Gasteiger partial charge on any atom is -0.355 e. The van der Waals surface area contributed by atoms with E-state index in [1.165, 1.54) is 16.5 Å². The number of carbonyl (C=O) groups excluding carboxylic acids is 4. The highest BCUT2D eigenvalue weighted by Crippen LogP contribution is 2.59. The highest BCUT2D eigenvalue weighted by Gasteiger charge is 2.67. The van der Waals surface area contributed by atoms with Gasteiger partial charge in [0.2, 0.25) is 17.7 Å². The second kappa shape index (κ2) is 13.2. The van der Waals surface area contributed by atoms with E-state index in [4.69, 9.17) is 0 Å². The van der Waals surface area contributed by atoms with E-state index in [0.29, 0.717) is 42.4 Å². The van der Waals surface area contributed by atoms with Crippen LogP contribution in [-0.4, -0.2) is 86.3 Å². The van der Waals surface area contributed by atoms with Gasteiger partial charge < -0.3 is 15.5 Å². The third-order valence-corrected chi connectivity index (χ3v) is 9.57. The van der Waals surface area contributed by atoms with Gasteiger partial charge in [-0.05, 0) is 62.3 Å². The number of nitrogens with one attached hydrogen (secondary N) is 2. The fourth-order valence-corrected chi connectivity index (χ4v) is 7.13. The van der Waals surface area contributed by atoms with Crippen LogP contribution in [-0.2, 0) is 32.1 Å². The van der Waals surface area contributed by atoms with E-state index in [-0.39, 0.29) is 42.9 Å². The molecule has 3 amide bonds. The number of amides is 3. The Hall–Kier alpha value is -4.40. The molecule has 1 saturated carbocycles. The van der Waals surface area contributed by atoms with Gasteiger partial charge in [0.25, 0.3) is 0 Å². The molecule has 48 heavy (non-hydrogen) atoms. The van der Waals surface area contributed by atoms with E-state index in [9.17, 15) is 32.3 Å². The predicted octanol–water partition coefficient (Wildman–Crippen LogP) is 3.64. The molecule has 1 saturated heterocycles. The van der Waals surface area contributed by atoms with Crippen LogP contribution in [0.15, 0.2) is 24.5 Å². The lowest BCUT2D eigenvalue weighted by Crippen LogP contribution is -2.49. The summed E-state index contributed by atoms with van der Waals surface area (Å²) in [5.41, 5.74) is 2.81. The predicted molar refractivity (Wildman–Crippen MR) is 166 cm³/mol. The molecule has 1 aliphatic carbocycles. The van der Waals surface area contributed by atoms with Crippen LogP contribution in [0.4, 0.5) is 13.2 Å². The van der Waals surface area contributed by atoms with Crippen molar-refractivity contribution in [2.24, 2.45) is 5.41 Å². The summed E-state index contributed by atoms with van der Waals surface area (Å²) in [4.78, 5) is 63.2. The van der Waals surface area contributed by atoms with Crippen LogP contribution < -0.4 is 10.6 Å². The second-order valence-corrected chi connectivity index (χ2v) is 13.0. The van der Waals surface area contributed by atoms with Crippen LogP contribution in [0, 0.1) is 12.3 Å². The van der Waals surface area contributed by atoms with Gasteiger partial charge in [0.05, 0.1) is 12.1 Å². The molecule has 3 aliphatic rings. The normalized spacial score (nSPS) is 23.4. The average Bonchev–Trinajstić information content (AvgIpc) is 3.44. The van der Waals surface area contributed by atoms with Gasteiger partial charge in [-0.15, -0.1) is 13.2 Å². The Balaban J connectivity index is 1.36. The molecule has 15 heteroatoms. The largest absolute Gasteiger partial charge is 0.522 e. The maximum atomic E-state index is 14.2. The lowest BCUT2D eigenvalue weighted by Gasteiger charge is -2.27. The number of rotatable bonds is 6. The summed E-state index contributed by atoms with van der Waals surface area (Å²) in [5, 5.41) is 10.7. The van der Waals surface area contributed by atoms with E-state index in [2.05, 4.69) is 30.4 Å². The molecule has 0 unspecified atom stereocenters. The molecule has 0 radical (unpaired) electrons. The third-order valence-electron chi connectivity index (χ3n) is 9.57. The van der Waals surface area contributed by atoms with Crippen molar-refractivity contribution in [3.05, 3.63) is 41.6 Å². The van der Waals surface area contributed by atoms with Crippen molar-refractivity contribution in [1.29, 1.82) is 0 Å². The highest BCUT2D eigenvalue weighted by atomic mass is 19.4. The molecular formula is C33H38F3N7O5. The first-order valence-corrected chi connectivity index (χ1v) is 16.2. The minimum absolute atomic E-state index is 0.0963. The Labute approximate surface area is 274 Å². The van der Waals surface area contributed by atoms with Gasteiger partial charge in [-0.3, -0.25) is 28.6 Å². The summed E-state index contributed by atoms with van der Waals surface area (Å²) in [7, 11) is 0. The first-order chi connectivity index (χ1) is 22.8.